The van der Waals surface area contributed by atoms with Gasteiger partial charge in [0, 0.05) is 6.04 Å². The molecule has 2 N–H and O–H groups in total. The fourth-order valence-corrected chi connectivity index (χ4v) is 2.42. The SMILES string of the molecule is COc1cccc(C(C)NC(CO)c2cccc(OC)c2)c1. The molecule has 0 heterocycles. The zero-order valence-electron chi connectivity index (χ0n) is 13.2. The summed E-state index contributed by atoms with van der Waals surface area (Å²) < 4.78 is 10.5. The van der Waals surface area contributed by atoms with E-state index in [9.17, 15) is 5.11 Å². The van der Waals surface area contributed by atoms with Crippen molar-refractivity contribution in [2.24, 2.45) is 0 Å². The molecule has 2 atom stereocenters. The molecule has 0 saturated carbocycles. The summed E-state index contributed by atoms with van der Waals surface area (Å²) in [7, 11) is 3.29. The van der Waals surface area contributed by atoms with E-state index < -0.39 is 0 Å². The molecule has 22 heavy (non-hydrogen) atoms. The van der Waals surface area contributed by atoms with Crippen LogP contribution in [-0.4, -0.2) is 25.9 Å². The fourth-order valence-electron chi connectivity index (χ4n) is 2.42. The molecule has 2 aromatic carbocycles. The molecule has 2 aromatic rings. The van der Waals surface area contributed by atoms with Crippen molar-refractivity contribution >= 4 is 0 Å². The number of methoxy groups -OCH3 is 2. The van der Waals surface area contributed by atoms with Crippen molar-refractivity contribution in [2.45, 2.75) is 19.0 Å². The van der Waals surface area contributed by atoms with E-state index in [1.165, 1.54) is 0 Å². The highest BCUT2D eigenvalue weighted by atomic mass is 16.5. The van der Waals surface area contributed by atoms with Gasteiger partial charge in [-0.15, -0.1) is 0 Å². The largest absolute Gasteiger partial charge is 0.497 e. The van der Waals surface area contributed by atoms with E-state index in [-0.39, 0.29) is 18.7 Å². The molecule has 0 fully saturated rings. The number of benzene rings is 2. The Labute approximate surface area is 131 Å². The highest BCUT2D eigenvalue weighted by molar-refractivity contribution is 5.32. The maximum atomic E-state index is 9.71. The molecule has 0 aliphatic heterocycles. The summed E-state index contributed by atoms with van der Waals surface area (Å²) in [5, 5.41) is 13.2. The predicted octanol–water partition coefficient (Wildman–Crippen LogP) is 3.09. The minimum absolute atomic E-state index is 0.0154. The normalized spacial score (nSPS) is 13.5. The number of aliphatic hydroxyl groups is 1. The van der Waals surface area contributed by atoms with Crippen LogP contribution in [0.1, 0.15) is 30.1 Å². The molecule has 0 saturated heterocycles. The van der Waals surface area contributed by atoms with E-state index in [1.807, 2.05) is 48.5 Å². The average molecular weight is 301 g/mol. The first-order chi connectivity index (χ1) is 10.7. The van der Waals surface area contributed by atoms with E-state index in [0.717, 1.165) is 22.6 Å². The van der Waals surface area contributed by atoms with Gasteiger partial charge in [-0.2, -0.15) is 0 Å². The van der Waals surface area contributed by atoms with Crippen molar-refractivity contribution in [2.75, 3.05) is 20.8 Å². The van der Waals surface area contributed by atoms with Crippen LogP contribution in [0, 0.1) is 0 Å². The first-order valence-corrected chi connectivity index (χ1v) is 7.32. The van der Waals surface area contributed by atoms with Gasteiger partial charge in [0.1, 0.15) is 11.5 Å². The molecule has 0 aromatic heterocycles. The second-order valence-electron chi connectivity index (χ2n) is 5.18. The van der Waals surface area contributed by atoms with E-state index in [0.29, 0.717) is 0 Å². The third-order valence-corrected chi connectivity index (χ3v) is 3.72. The summed E-state index contributed by atoms with van der Waals surface area (Å²) >= 11 is 0. The maximum absolute atomic E-state index is 9.71. The summed E-state index contributed by atoms with van der Waals surface area (Å²) in [5.41, 5.74) is 2.11. The number of rotatable bonds is 7. The number of ether oxygens (including phenoxy) is 2. The third-order valence-electron chi connectivity index (χ3n) is 3.72. The van der Waals surface area contributed by atoms with Crippen molar-refractivity contribution in [1.29, 1.82) is 0 Å². The fraction of sp³-hybridized carbons (Fsp3) is 0.333. The van der Waals surface area contributed by atoms with Crippen molar-refractivity contribution in [3.63, 3.8) is 0 Å². The van der Waals surface area contributed by atoms with Crippen LogP contribution in [-0.2, 0) is 0 Å². The Morgan fingerprint density at radius 2 is 1.50 bits per heavy atom. The Hall–Kier alpha value is -2.04. The minimum Gasteiger partial charge on any atom is -0.497 e. The lowest BCUT2D eigenvalue weighted by Gasteiger charge is -2.23. The Morgan fingerprint density at radius 1 is 0.955 bits per heavy atom. The van der Waals surface area contributed by atoms with Gasteiger partial charge in [-0.25, -0.2) is 0 Å². The topological polar surface area (TPSA) is 50.7 Å². The molecule has 0 radical (unpaired) electrons. The van der Waals surface area contributed by atoms with Crippen LogP contribution in [0.4, 0.5) is 0 Å². The van der Waals surface area contributed by atoms with Crippen LogP contribution >= 0.6 is 0 Å². The Bertz CT molecular complexity index is 600. The predicted molar refractivity (Wildman–Crippen MR) is 87.4 cm³/mol. The number of hydrogen-bond donors (Lipinski definition) is 2. The van der Waals surface area contributed by atoms with E-state index in [4.69, 9.17) is 9.47 Å². The molecule has 2 rings (SSSR count). The minimum atomic E-state index is -0.156. The molecule has 2 unspecified atom stereocenters. The van der Waals surface area contributed by atoms with Gasteiger partial charge in [0.2, 0.25) is 0 Å². The van der Waals surface area contributed by atoms with Crippen LogP contribution < -0.4 is 14.8 Å². The Kier molecular flexibility index (Phi) is 5.81. The molecule has 0 aliphatic rings. The maximum Gasteiger partial charge on any atom is 0.119 e. The van der Waals surface area contributed by atoms with E-state index >= 15 is 0 Å². The first-order valence-electron chi connectivity index (χ1n) is 7.32. The van der Waals surface area contributed by atoms with Crippen molar-refractivity contribution in [3.8, 4) is 11.5 Å². The summed E-state index contributed by atoms with van der Waals surface area (Å²) in [6.45, 7) is 2.08. The van der Waals surface area contributed by atoms with Crippen LogP contribution in [0.2, 0.25) is 0 Å². The summed E-state index contributed by atoms with van der Waals surface area (Å²) in [5.74, 6) is 1.61. The molecule has 0 amide bonds. The number of nitrogens with one attached hydrogen (secondary N) is 1. The van der Waals surface area contributed by atoms with Crippen molar-refractivity contribution in [1.82, 2.24) is 5.32 Å². The van der Waals surface area contributed by atoms with Crippen LogP contribution in [0.15, 0.2) is 48.5 Å². The second kappa shape index (κ2) is 7.82. The second-order valence-corrected chi connectivity index (χ2v) is 5.18. The van der Waals surface area contributed by atoms with Gasteiger partial charge in [-0.1, -0.05) is 24.3 Å². The lowest BCUT2D eigenvalue weighted by atomic mass is 10.0. The van der Waals surface area contributed by atoms with E-state index in [1.54, 1.807) is 14.2 Å². The molecule has 118 valence electrons. The smallest absolute Gasteiger partial charge is 0.119 e. The molecule has 4 nitrogen and oxygen atoms in total. The quantitative estimate of drug-likeness (QED) is 0.825. The third kappa shape index (κ3) is 4.00. The Balaban J connectivity index is 2.14. The molecule has 4 heteroatoms. The number of aliphatic hydroxyl groups excluding tert-OH is 1. The molecular formula is C18H23NO3. The zero-order chi connectivity index (χ0) is 15.9. The monoisotopic (exact) mass is 301 g/mol. The summed E-state index contributed by atoms with van der Waals surface area (Å²) in [4.78, 5) is 0. The van der Waals surface area contributed by atoms with Gasteiger partial charge in [0.15, 0.2) is 0 Å². The van der Waals surface area contributed by atoms with Gasteiger partial charge < -0.3 is 19.9 Å². The molecule has 0 spiro atoms. The lowest BCUT2D eigenvalue weighted by molar-refractivity contribution is 0.235. The molecule has 0 aliphatic carbocycles. The number of hydrogen-bond acceptors (Lipinski definition) is 4. The zero-order valence-corrected chi connectivity index (χ0v) is 13.2. The lowest BCUT2D eigenvalue weighted by Crippen LogP contribution is -2.27. The first kappa shape index (κ1) is 16.3. The van der Waals surface area contributed by atoms with Crippen LogP contribution in [0.5, 0.6) is 11.5 Å². The van der Waals surface area contributed by atoms with E-state index in [2.05, 4.69) is 12.2 Å². The van der Waals surface area contributed by atoms with Crippen LogP contribution in [0.3, 0.4) is 0 Å². The highest BCUT2D eigenvalue weighted by Gasteiger charge is 2.15. The van der Waals surface area contributed by atoms with Crippen LogP contribution in [0.25, 0.3) is 0 Å². The van der Waals surface area contributed by atoms with Crippen molar-refractivity contribution < 1.29 is 14.6 Å². The van der Waals surface area contributed by atoms with Crippen molar-refractivity contribution in [3.05, 3.63) is 59.7 Å². The average Bonchev–Trinajstić information content (AvgIpc) is 2.59. The van der Waals surface area contributed by atoms with Gasteiger partial charge in [0.25, 0.3) is 0 Å². The molecular weight excluding hydrogens is 278 g/mol. The summed E-state index contributed by atoms with van der Waals surface area (Å²) in [6.07, 6.45) is 0. The van der Waals surface area contributed by atoms with Gasteiger partial charge in [0.05, 0.1) is 26.9 Å². The highest BCUT2D eigenvalue weighted by Crippen LogP contribution is 2.24. The van der Waals surface area contributed by atoms with Gasteiger partial charge in [-0.3, -0.25) is 0 Å². The van der Waals surface area contributed by atoms with Gasteiger partial charge >= 0.3 is 0 Å². The van der Waals surface area contributed by atoms with Gasteiger partial charge in [-0.05, 0) is 42.3 Å². The standard InChI is InChI=1S/C18H23NO3/c1-13(14-6-4-8-16(10-14)21-2)19-18(12-20)15-7-5-9-17(11-15)22-3/h4-11,13,18-20H,12H2,1-3H3. The Morgan fingerprint density at radius 3 is 2.05 bits per heavy atom. The molecule has 0 bridgehead atoms. The summed E-state index contributed by atoms with van der Waals surface area (Å²) in [6, 6.07) is 15.6.